The maximum atomic E-state index is 12.4. The van der Waals surface area contributed by atoms with Gasteiger partial charge in [0.2, 0.25) is 0 Å². The molecule has 4 N–H and O–H groups in total. The van der Waals surface area contributed by atoms with Crippen molar-refractivity contribution in [3.05, 3.63) is 65.9 Å². The van der Waals surface area contributed by atoms with Crippen molar-refractivity contribution in [3.8, 4) is 0 Å². The topological polar surface area (TPSA) is 94.8 Å². The lowest BCUT2D eigenvalue weighted by Crippen LogP contribution is -2.45. The monoisotopic (exact) mass is 476 g/mol. The van der Waals surface area contributed by atoms with E-state index < -0.39 is 0 Å². The zero-order valence-corrected chi connectivity index (χ0v) is 20.2. The third-order valence-corrected chi connectivity index (χ3v) is 7.76. The van der Waals surface area contributed by atoms with Gasteiger partial charge in [-0.3, -0.25) is 0 Å². The Morgan fingerprint density at radius 2 is 1.80 bits per heavy atom. The summed E-state index contributed by atoms with van der Waals surface area (Å²) in [4.78, 5) is 20.0. The predicted molar refractivity (Wildman–Crippen MR) is 138 cm³/mol. The number of β-amino-alcohol motifs (C(OH)–C–C–N with tert-alkyl or cyclic N) is 1. The van der Waals surface area contributed by atoms with Gasteiger partial charge in [0.05, 0.1) is 6.10 Å². The summed E-state index contributed by atoms with van der Waals surface area (Å²) in [6, 6.07) is 15.8. The smallest absolute Gasteiger partial charge is 0.410 e. The first-order valence-electron chi connectivity index (χ1n) is 12.8. The summed E-state index contributed by atoms with van der Waals surface area (Å²) < 4.78 is 5.47. The molecule has 186 valence electrons. The minimum absolute atomic E-state index is 0.225. The summed E-state index contributed by atoms with van der Waals surface area (Å²) in [7, 11) is 0. The van der Waals surface area contributed by atoms with Gasteiger partial charge >= 0.3 is 6.09 Å². The van der Waals surface area contributed by atoms with Crippen molar-refractivity contribution in [3.63, 3.8) is 0 Å². The Morgan fingerprint density at radius 1 is 1.06 bits per heavy atom. The molecule has 1 aromatic heterocycles. The van der Waals surface area contributed by atoms with E-state index in [4.69, 9.17) is 10.5 Å². The number of hydrogen-bond donors (Lipinski definition) is 3. The molecule has 0 bridgehead atoms. The summed E-state index contributed by atoms with van der Waals surface area (Å²) >= 11 is 0. The normalized spacial score (nSPS) is 19.2. The lowest BCUT2D eigenvalue weighted by Gasteiger charge is -2.37. The van der Waals surface area contributed by atoms with Gasteiger partial charge in [-0.05, 0) is 79.9 Å². The number of nitrogens with zero attached hydrogens (tertiary/aromatic N) is 2. The molecule has 2 aromatic carbocycles. The number of rotatable bonds is 6. The summed E-state index contributed by atoms with van der Waals surface area (Å²) in [6.45, 7) is 4.26. The van der Waals surface area contributed by atoms with Gasteiger partial charge in [0.15, 0.2) is 0 Å². The van der Waals surface area contributed by atoms with Gasteiger partial charge in [-0.1, -0.05) is 30.3 Å². The number of nitrogens with two attached hydrogens (primary N) is 1. The quantitative estimate of drug-likeness (QED) is 0.460. The third-order valence-electron chi connectivity index (χ3n) is 7.76. The molecule has 2 aliphatic heterocycles. The number of carbonyl (C=O) groups is 1. The summed E-state index contributed by atoms with van der Waals surface area (Å²) in [6.07, 6.45) is 5.31. The number of anilines is 1. The van der Waals surface area contributed by atoms with Gasteiger partial charge < -0.3 is 30.4 Å². The molecule has 7 nitrogen and oxygen atoms in total. The van der Waals surface area contributed by atoms with Crippen molar-refractivity contribution < 1.29 is 14.6 Å². The van der Waals surface area contributed by atoms with Crippen LogP contribution in [0.3, 0.4) is 0 Å². The van der Waals surface area contributed by atoms with Crippen LogP contribution in [0.15, 0.2) is 54.7 Å². The number of aromatic nitrogens is 1. The van der Waals surface area contributed by atoms with Crippen molar-refractivity contribution in [2.75, 3.05) is 38.5 Å². The van der Waals surface area contributed by atoms with E-state index in [0.29, 0.717) is 32.2 Å². The van der Waals surface area contributed by atoms with Crippen molar-refractivity contribution in [2.24, 2.45) is 5.92 Å². The summed E-state index contributed by atoms with van der Waals surface area (Å²) in [5.74, 6) is 0.742. The number of aliphatic hydroxyl groups excluding tert-OH is 1. The maximum absolute atomic E-state index is 12.4. The second kappa shape index (κ2) is 10.7. The number of ether oxygens (including phenoxy) is 1. The molecule has 35 heavy (non-hydrogen) atoms. The van der Waals surface area contributed by atoms with Gasteiger partial charge in [0.25, 0.3) is 0 Å². The molecule has 3 aromatic rings. The molecule has 5 rings (SSSR count). The van der Waals surface area contributed by atoms with Crippen molar-refractivity contribution >= 4 is 22.7 Å². The maximum Gasteiger partial charge on any atom is 0.410 e. The van der Waals surface area contributed by atoms with Gasteiger partial charge in [-0.15, -0.1) is 0 Å². The number of likely N-dealkylation sites (tertiary alicyclic amines) is 2. The molecule has 3 heterocycles. The number of amides is 1. The summed E-state index contributed by atoms with van der Waals surface area (Å²) in [5, 5.41) is 12.2. The fourth-order valence-electron chi connectivity index (χ4n) is 5.62. The van der Waals surface area contributed by atoms with E-state index in [9.17, 15) is 9.90 Å². The fourth-order valence-corrected chi connectivity index (χ4v) is 5.62. The highest BCUT2D eigenvalue weighted by molar-refractivity contribution is 5.86. The third kappa shape index (κ3) is 5.63. The molecular weight excluding hydrogens is 440 g/mol. The Bertz CT molecular complexity index is 1120. The molecule has 0 spiro atoms. The molecule has 0 saturated carbocycles. The Hall–Kier alpha value is -3.03. The number of aromatic amines is 1. The van der Waals surface area contributed by atoms with Gasteiger partial charge in [-0.2, -0.15) is 0 Å². The number of aliphatic hydroxyl groups is 1. The zero-order valence-electron chi connectivity index (χ0n) is 20.2. The SMILES string of the molecule is Nc1ccc2[nH]cc(C3CCN(CC(O)C4CCN(C(=O)OCc5ccccc5)CC4)CC3)c2c1. The second-order valence-electron chi connectivity index (χ2n) is 10.1. The molecule has 7 heteroatoms. The number of hydrogen-bond acceptors (Lipinski definition) is 5. The molecule has 0 radical (unpaired) electrons. The Kier molecular flexibility index (Phi) is 7.25. The molecule has 1 unspecified atom stereocenters. The van der Waals surface area contributed by atoms with Crippen LogP contribution in [-0.4, -0.2) is 64.8 Å². The minimum Gasteiger partial charge on any atom is -0.445 e. The Balaban J connectivity index is 1.05. The van der Waals surface area contributed by atoms with E-state index >= 15 is 0 Å². The van der Waals surface area contributed by atoms with Crippen molar-refractivity contribution in [1.82, 2.24) is 14.8 Å². The van der Waals surface area contributed by atoms with E-state index in [1.807, 2.05) is 42.5 Å². The number of nitrogens with one attached hydrogen (secondary N) is 1. The van der Waals surface area contributed by atoms with Crippen LogP contribution in [0.4, 0.5) is 10.5 Å². The highest BCUT2D eigenvalue weighted by Crippen LogP contribution is 2.34. The lowest BCUT2D eigenvalue weighted by molar-refractivity contribution is 0.0214. The van der Waals surface area contributed by atoms with Crippen LogP contribution in [0.5, 0.6) is 0 Å². The predicted octanol–water partition coefficient (Wildman–Crippen LogP) is 4.34. The number of piperidine rings is 2. The molecule has 2 fully saturated rings. The van der Waals surface area contributed by atoms with Crippen LogP contribution in [0.2, 0.25) is 0 Å². The molecular formula is C28H36N4O3. The molecule has 1 atom stereocenters. The summed E-state index contributed by atoms with van der Waals surface area (Å²) in [5.41, 5.74) is 10.3. The highest BCUT2D eigenvalue weighted by Gasteiger charge is 2.30. The van der Waals surface area contributed by atoms with E-state index in [-0.39, 0.29) is 18.1 Å². The molecule has 2 saturated heterocycles. The number of H-pyrrole nitrogens is 1. The second-order valence-corrected chi connectivity index (χ2v) is 10.1. The van der Waals surface area contributed by atoms with Gasteiger partial charge in [-0.25, -0.2) is 4.79 Å². The van der Waals surface area contributed by atoms with E-state index in [2.05, 4.69) is 22.1 Å². The number of fused-ring (bicyclic) bond motifs is 1. The van der Waals surface area contributed by atoms with Crippen LogP contribution < -0.4 is 5.73 Å². The van der Waals surface area contributed by atoms with Crippen LogP contribution in [0.1, 0.15) is 42.7 Å². The van der Waals surface area contributed by atoms with Gasteiger partial charge in [0, 0.05) is 42.4 Å². The van der Waals surface area contributed by atoms with E-state index in [1.165, 1.54) is 10.9 Å². The van der Waals surface area contributed by atoms with Crippen LogP contribution in [-0.2, 0) is 11.3 Å². The molecule has 0 aliphatic carbocycles. The van der Waals surface area contributed by atoms with Gasteiger partial charge in [0.1, 0.15) is 6.61 Å². The molecule has 1 amide bonds. The van der Waals surface area contributed by atoms with Crippen molar-refractivity contribution in [1.29, 1.82) is 0 Å². The Morgan fingerprint density at radius 3 is 2.54 bits per heavy atom. The highest BCUT2D eigenvalue weighted by atomic mass is 16.6. The Labute approximate surface area is 206 Å². The first-order chi connectivity index (χ1) is 17.1. The molecule has 2 aliphatic rings. The first kappa shape index (κ1) is 23.7. The minimum atomic E-state index is -0.359. The number of carbonyl (C=O) groups excluding carboxylic acids is 1. The fraction of sp³-hybridized carbons (Fsp3) is 0.464. The van der Waals surface area contributed by atoms with Crippen LogP contribution in [0.25, 0.3) is 10.9 Å². The van der Waals surface area contributed by atoms with E-state index in [1.54, 1.807) is 4.90 Å². The number of nitrogen functional groups attached to an aromatic ring is 1. The van der Waals surface area contributed by atoms with Crippen LogP contribution >= 0.6 is 0 Å². The average molecular weight is 477 g/mol. The average Bonchev–Trinajstić information content (AvgIpc) is 3.31. The zero-order chi connectivity index (χ0) is 24.2. The number of benzene rings is 2. The van der Waals surface area contributed by atoms with E-state index in [0.717, 1.165) is 55.5 Å². The largest absolute Gasteiger partial charge is 0.445 e. The first-order valence-corrected chi connectivity index (χ1v) is 12.8. The lowest BCUT2D eigenvalue weighted by atomic mass is 9.87. The standard InChI is InChI=1S/C28H36N4O3/c29-23-6-7-26-24(16-23)25(17-30-26)21-8-12-31(13-9-21)18-27(33)22-10-14-32(15-11-22)28(34)35-19-20-4-2-1-3-5-20/h1-7,16-17,21-22,27,30,33H,8-15,18-19,29H2. The van der Waals surface area contributed by atoms with Crippen molar-refractivity contribution in [2.45, 2.75) is 44.3 Å². The van der Waals surface area contributed by atoms with Crippen LogP contribution in [0, 0.1) is 5.92 Å².